The zero-order valence-electron chi connectivity index (χ0n) is 8.38. The molecule has 0 aromatic rings. The molecular formula is C12H18O. The fourth-order valence-corrected chi connectivity index (χ4v) is 2.07. The van der Waals surface area contributed by atoms with Crippen molar-refractivity contribution in [2.45, 2.75) is 45.4 Å². The van der Waals surface area contributed by atoms with Gasteiger partial charge in [0.1, 0.15) is 5.78 Å². The number of rotatable bonds is 3. The Morgan fingerprint density at radius 1 is 1.62 bits per heavy atom. The zero-order chi connectivity index (χ0) is 9.68. The van der Waals surface area contributed by atoms with Crippen molar-refractivity contribution in [1.82, 2.24) is 0 Å². The van der Waals surface area contributed by atoms with Crippen molar-refractivity contribution in [3.63, 3.8) is 0 Å². The molecule has 0 spiro atoms. The standard InChI is InChI=1S/C12H18O/c1-3-4-5-6-11-9-12(13)8-7-10(11)2/h1,10-11H,4-9H2,2H3. The van der Waals surface area contributed by atoms with Gasteiger partial charge in [-0.15, -0.1) is 12.3 Å². The minimum absolute atomic E-state index is 0.448. The highest BCUT2D eigenvalue weighted by Gasteiger charge is 2.25. The number of carbonyl (C=O) groups is 1. The van der Waals surface area contributed by atoms with Crippen molar-refractivity contribution in [2.75, 3.05) is 0 Å². The summed E-state index contributed by atoms with van der Waals surface area (Å²) in [7, 11) is 0. The maximum atomic E-state index is 11.2. The van der Waals surface area contributed by atoms with Gasteiger partial charge in [0.05, 0.1) is 0 Å². The Balaban J connectivity index is 2.30. The van der Waals surface area contributed by atoms with E-state index in [9.17, 15) is 4.79 Å². The number of hydrogen-bond acceptors (Lipinski definition) is 1. The molecule has 0 aliphatic heterocycles. The summed E-state index contributed by atoms with van der Waals surface area (Å²) in [5.74, 6) is 4.42. The molecule has 1 aliphatic rings. The molecule has 1 aliphatic carbocycles. The van der Waals surface area contributed by atoms with Crippen LogP contribution < -0.4 is 0 Å². The molecule has 0 aromatic heterocycles. The molecule has 2 atom stereocenters. The first-order valence-electron chi connectivity index (χ1n) is 5.19. The molecule has 1 saturated carbocycles. The van der Waals surface area contributed by atoms with Gasteiger partial charge in [0.2, 0.25) is 0 Å². The van der Waals surface area contributed by atoms with Crippen molar-refractivity contribution >= 4 is 5.78 Å². The lowest BCUT2D eigenvalue weighted by molar-refractivity contribution is -0.122. The minimum Gasteiger partial charge on any atom is -0.300 e. The molecule has 13 heavy (non-hydrogen) atoms. The topological polar surface area (TPSA) is 17.1 Å². The Bertz CT molecular complexity index is 212. The van der Waals surface area contributed by atoms with Crippen LogP contribution >= 0.6 is 0 Å². The largest absolute Gasteiger partial charge is 0.300 e. The van der Waals surface area contributed by atoms with E-state index in [0.29, 0.717) is 11.7 Å². The van der Waals surface area contributed by atoms with Crippen molar-refractivity contribution in [3.8, 4) is 12.3 Å². The van der Waals surface area contributed by atoms with E-state index in [1.165, 1.54) is 0 Å². The average Bonchev–Trinajstić information content (AvgIpc) is 2.11. The van der Waals surface area contributed by atoms with Gasteiger partial charge in [0.15, 0.2) is 0 Å². The lowest BCUT2D eigenvalue weighted by Crippen LogP contribution is -2.22. The minimum atomic E-state index is 0.448. The van der Waals surface area contributed by atoms with Crippen LogP contribution in [0.1, 0.15) is 45.4 Å². The normalized spacial score (nSPS) is 28.5. The van der Waals surface area contributed by atoms with Crippen LogP contribution in [0.15, 0.2) is 0 Å². The lowest BCUT2D eigenvalue weighted by atomic mass is 9.77. The van der Waals surface area contributed by atoms with Gasteiger partial charge in [0.25, 0.3) is 0 Å². The van der Waals surface area contributed by atoms with Crippen molar-refractivity contribution in [2.24, 2.45) is 11.8 Å². The second-order valence-corrected chi connectivity index (χ2v) is 4.12. The van der Waals surface area contributed by atoms with Crippen LogP contribution in [0.25, 0.3) is 0 Å². The fourth-order valence-electron chi connectivity index (χ4n) is 2.07. The molecule has 0 aromatic carbocycles. The van der Waals surface area contributed by atoms with Crippen LogP contribution in [0, 0.1) is 24.2 Å². The molecular weight excluding hydrogens is 160 g/mol. The number of carbonyl (C=O) groups excluding carboxylic acids is 1. The first-order chi connectivity index (χ1) is 6.24. The highest BCUT2D eigenvalue weighted by atomic mass is 16.1. The van der Waals surface area contributed by atoms with Crippen molar-refractivity contribution in [1.29, 1.82) is 0 Å². The van der Waals surface area contributed by atoms with Crippen LogP contribution in [-0.4, -0.2) is 5.78 Å². The molecule has 0 bridgehead atoms. The van der Waals surface area contributed by atoms with E-state index in [0.717, 1.165) is 44.4 Å². The number of Topliss-reactive ketones (excluding diaryl/α,β-unsaturated/α-hetero) is 1. The van der Waals surface area contributed by atoms with Crippen LogP contribution in [0.2, 0.25) is 0 Å². The smallest absolute Gasteiger partial charge is 0.133 e. The maximum absolute atomic E-state index is 11.2. The monoisotopic (exact) mass is 178 g/mol. The molecule has 1 rings (SSSR count). The van der Waals surface area contributed by atoms with E-state index in [4.69, 9.17) is 6.42 Å². The molecule has 0 N–H and O–H groups in total. The number of terminal acetylenes is 1. The van der Waals surface area contributed by atoms with Crippen LogP contribution in [0.3, 0.4) is 0 Å². The maximum Gasteiger partial charge on any atom is 0.133 e. The fraction of sp³-hybridized carbons (Fsp3) is 0.750. The highest BCUT2D eigenvalue weighted by molar-refractivity contribution is 5.79. The third-order valence-electron chi connectivity index (χ3n) is 3.07. The first kappa shape index (κ1) is 10.3. The summed E-state index contributed by atoms with van der Waals surface area (Å²) >= 11 is 0. The molecule has 0 saturated heterocycles. The van der Waals surface area contributed by atoms with Gasteiger partial charge in [0, 0.05) is 19.3 Å². The van der Waals surface area contributed by atoms with Crippen LogP contribution in [0.4, 0.5) is 0 Å². The van der Waals surface area contributed by atoms with E-state index in [2.05, 4.69) is 12.8 Å². The van der Waals surface area contributed by atoms with Gasteiger partial charge < -0.3 is 0 Å². The summed E-state index contributed by atoms with van der Waals surface area (Å²) in [4.78, 5) is 11.2. The van der Waals surface area contributed by atoms with E-state index in [1.807, 2.05) is 0 Å². The van der Waals surface area contributed by atoms with E-state index in [1.54, 1.807) is 0 Å². The lowest BCUT2D eigenvalue weighted by Gasteiger charge is -2.27. The van der Waals surface area contributed by atoms with Gasteiger partial charge in [-0.25, -0.2) is 0 Å². The summed E-state index contributed by atoms with van der Waals surface area (Å²) in [6.45, 7) is 2.26. The van der Waals surface area contributed by atoms with E-state index in [-0.39, 0.29) is 0 Å². The quantitative estimate of drug-likeness (QED) is 0.480. The van der Waals surface area contributed by atoms with Crippen LogP contribution in [-0.2, 0) is 4.79 Å². The SMILES string of the molecule is C#CCCCC1CC(=O)CCC1C. The van der Waals surface area contributed by atoms with Gasteiger partial charge in [-0.2, -0.15) is 0 Å². The second-order valence-electron chi connectivity index (χ2n) is 4.12. The summed E-state index contributed by atoms with van der Waals surface area (Å²) < 4.78 is 0. The van der Waals surface area contributed by atoms with Crippen molar-refractivity contribution < 1.29 is 4.79 Å². The third kappa shape index (κ3) is 3.22. The summed E-state index contributed by atoms with van der Waals surface area (Å²) in [5.41, 5.74) is 0. The predicted octanol–water partition coefficient (Wildman–Crippen LogP) is 2.80. The molecule has 0 amide bonds. The number of ketones is 1. The molecule has 1 nitrogen and oxygen atoms in total. The molecule has 2 unspecified atom stereocenters. The summed E-state index contributed by atoms with van der Waals surface area (Å²) in [6.07, 6.45) is 10.9. The van der Waals surface area contributed by atoms with E-state index >= 15 is 0 Å². The number of hydrogen-bond donors (Lipinski definition) is 0. The Kier molecular flexibility index (Phi) is 4.02. The zero-order valence-corrected chi connectivity index (χ0v) is 8.38. The van der Waals surface area contributed by atoms with Gasteiger partial charge >= 0.3 is 0 Å². The van der Waals surface area contributed by atoms with Gasteiger partial charge in [-0.05, 0) is 31.1 Å². The molecule has 72 valence electrons. The van der Waals surface area contributed by atoms with Crippen molar-refractivity contribution in [3.05, 3.63) is 0 Å². The summed E-state index contributed by atoms with van der Waals surface area (Å²) in [5, 5.41) is 0. The highest BCUT2D eigenvalue weighted by Crippen LogP contribution is 2.31. The Morgan fingerprint density at radius 2 is 2.38 bits per heavy atom. The Labute approximate surface area is 80.9 Å². The third-order valence-corrected chi connectivity index (χ3v) is 3.07. The summed E-state index contributed by atoms with van der Waals surface area (Å²) in [6, 6.07) is 0. The van der Waals surface area contributed by atoms with Gasteiger partial charge in [-0.1, -0.05) is 6.92 Å². The average molecular weight is 178 g/mol. The first-order valence-corrected chi connectivity index (χ1v) is 5.19. The van der Waals surface area contributed by atoms with E-state index < -0.39 is 0 Å². The Morgan fingerprint density at radius 3 is 3.08 bits per heavy atom. The molecule has 1 heteroatoms. The molecule has 1 fully saturated rings. The molecule has 0 radical (unpaired) electrons. The Hall–Kier alpha value is -0.770. The number of unbranched alkanes of at least 4 members (excludes halogenated alkanes) is 1. The predicted molar refractivity (Wildman–Crippen MR) is 54.2 cm³/mol. The second kappa shape index (κ2) is 5.07. The van der Waals surface area contributed by atoms with Gasteiger partial charge in [-0.3, -0.25) is 4.79 Å². The van der Waals surface area contributed by atoms with Crippen LogP contribution in [0.5, 0.6) is 0 Å². The molecule has 0 heterocycles.